The Kier molecular flexibility index (Phi) is 10.4. The first kappa shape index (κ1) is 32.4. The lowest BCUT2D eigenvalue weighted by atomic mass is 10.0. The molecule has 3 heterocycles. The van der Waals surface area contributed by atoms with E-state index in [4.69, 9.17) is 24.3 Å². The zero-order chi connectivity index (χ0) is 33.3. The Morgan fingerprint density at radius 1 is 0.714 bits per heavy atom. The molecule has 0 bridgehead atoms. The van der Waals surface area contributed by atoms with Gasteiger partial charge in [0.15, 0.2) is 0 Å². The third kappa shape index (κ3) is 8.28. The van der Waals surface area contributed by atoms with Crippen LogP contribution in [-0.4, -0.2) is 47.0 Å². The minimum Gasteiger partial charge on any atom is -0.473 e. The standard InChI is InChI=1S/C41H43N5O3/c1-45-38-27-35(46-24-21-34(22-25-46)42-23-26-47-28-31-11-5-2-6-12-31)17-18-36(38)40(44-45)37-19-20-39(48-29-32-13-7-3-8-14-32)43-41(37)49-30-33-15-9-4-10-16-33/h2-20,27,34,42H,21-26,28-30H2,1H3. The summed E-state index contributed by atoms with van der Waals surface area (Å²) in [5.74, 6) is 1.01. The highest BCUT2D eigenvalue weighted by Crippen LogP contribution is 2.36. The molecule has 1 aliphatic rings. The summed E-state index contributed by atoms with van der Waals surface area (Å²) in [7, 11) is 2.00. The molecule has 1 fully saturated rings. The van der Waals surface area contributed by atoms with Crippen LogP contribution in [0.3, 0.4) is 0 Å². The van der Waals surface area contributed by atoms with Gasteiger partial charge >= 0.3 is 0 Å². The lowest BCUT2D eigenvalue weighted by Gasteiger charge is -2.34. The fourth-order valence-electron chi connectivity index (χ4n) is 6.33. The van der Waals surface area contributed by atoms with E-state index >= 15 is 0 Å². The summed E-state index contributed by atoms with van der Waals surface area (Å²) >= 11 is 0. The van der Waals surface area contributed by atoms with Crippen molar-refractivity contribution >= 4 is 16.6 Å². The number of pyridine rings is 1. The Balaban J connectivity index is 1.02. The number of aromatic nitrogens is 3. The largest absolute Gasteiger partial charge is 0.473 e. The molecule has 250 valence electrons. The highest BCUT2D eigenvalue weighted by molar-refractivity contribution is 5.96. The molecule has 8 heteroatoms. The zero-order valence-corrected chi connectivity index (χ0v) is 28.0. The SMILES string of the molecule is Cn1nc(-c2ccc(OCc3ccccc3)nc2OCc2ccccc2)c2ccc(N3CCC(NCCOCc4ccccc4)CC3)cc21. The van der Waals surface area contributed by atoms with Crippen molar-refractivity contribution in [3.05, 3.63) is 138 Å². The molecule has 1 aliphatic heterocycles. The number of ether oxygens (including phenoxy) is 3. The summed E-state index contributed by atoms with van der Waals surface area (Å²) in [5.41, 5.74) is 7.32. The van der Waals surface area contributed by atoms with Gasteiger partial charge in [-0.3, -0.25) is 4.68 Å². The van der Waals surface area contributed by atoms with E-state index in [0.717, 1.165) is 65.8 Å². The molecule has 8 nitrogen and oxygen atoms in total. The van der Waals surface area contributed by atoms with Crippen molar-refractivity contribution < 1.29 is 14.2 Å². The van der Waals surface area contributed by atoms with Gasteiger partial charge in [0.1, 0.15) is 18.9 Å². The molecule has 0 aliphatic carbocycles. The minimum absolute atomic E-state index is 0.392. The van der Waals surface area contributed by atoms with Crippen molar-refractivity contribution in [1.82, 2.24) is 20.1 Å². The van der Waals surface area contributed by atoms with Gasteiger partial charge in [0.2, 0.25) is 11.8 Å². The zero-order valence-electron chi connectivity index (χ0n) is 28.0. The third-order valence-electron chi connectivity index (χ3n) is 9.02. The smallest absolute Gasteiger partial charge is 0.226 e. The number of piperidine rings is 1. The van der Waals surface area contributed by atoms with Gasteiger partial charge in [-0.25, -0.2) is 0 Å². The van der Waals surface area contributed by atoms with E-state index < -0.39 is 0 Å². The van der Waals surface area contributed by atoms with Crippen molar-refractivity contribution in [2.75, 3.05) is 31.1 Å². The van der Waals surface area contributed by atoms with Crippen LogP contribution in [-0.2, 0) is 31.6 Å². The summed E-state index contributed by atoms with van der Waals surface area (Å²) in [6, 6.07) is 41.6. The fourth-order valence-corrected chi connectivity index (χ4v) is 6.33. The van der Waals surface area contributed by atoms with E-state index in [1.807, 2.05) is 90.6 Å². The van der Waals surface area contributed by atoms with Crippen LogP contribution in [0.1, 0.15) is 29.5 Å². The van der Waals surface area contributed by atoms with Crippen molar-refractivity contribution in [2.24, 2.45) is 7.05 Å². The summed E-state index contributed by atoms with van der Waals surface area (Å²) in [6.45, 7) is 5.07. The first-order chi connectivity index (χ1) is 24.2. The van der Waals surface area contributed by atoms with Gasteiger partial charge < -0.3 is 24.4 Å². The predicted octanol–water partition coefficient (Wildman–Crippen LogP) is 7.57. The number of anilines is 1. The van der Waals surface area contributed by atoms with Crippen LogP contribution in [0, 0.1) is 0 Å². The van der Waals surface area contributed by atoms with E-state index in [0.29, 0.717) is 44.2 Å². The quantitative estimate of drug-likeness (QED) is 0.122. The van der Waals surface area contributed by atoms with E-state index in [2.05, 4.69) is 52.7 Å². The predicted molar refractivity (Wildman–Crippen MR) is 195 cm³/mol. The van der Waals surface area contributed by atoms with Crippen molar-refractivity contribution in [3.8, 4) is 23.0 Å². The lowest BCUT2D eigenvalue weighted by molar-refractivity contribution is 0.120. The second-order valence-electron chi connectivity index (χ2n) is 12.5. The van der Waals surface area contributed by atoms with Crippen LogP contribution in [0.2, 0.25) is 0 Å². The molecule has 0 radical (unpaired) electrons. The molecular weight excluding hydrogens is 610 g/mol. The minimum atomic E-state index is 0.392. The van der Waals surface area contributed by atoms with Crippen molar-refractivity contribution in [3.63, 3.8) is 0 Å². The molecule has 1 saturated heterocycles. The van der Waals surface area contributed by atoms with Crippen molar-refractivity contribution in [2.45, 2.75) is 38.7 Å². The maximum absolute atomic E-state index is 6.36. The second-order valence-corrected chi connectivity index (χ2v) is 12.5. The molecule has 0 saturated carbocycles. The summed E-state index contributed by atoms with van der Waals surface area (Å²) in [5, 5.41) is 9.73. The molecule has 0 unspecified atom stereocenters. The monoisotopic (exact) mass is 653 g/mol. The van der Waals surface area contributed by atoms with Gasteiger partial charge in [-0.1, -0.05) is 91.0 Å². The maximum atomic E-state index is 6.36. The Morgan fingerprint density at radius 3 is 2.02 bits per heavy atom. The number of nitrogens with zero attached hydrogens (tertiary/aromatic N) is 4. The summed E-state index contributed by atoms with van der Waals surface area (Å²) in [4.78, 5) is 7.30. The molecule has 7 rings (SSSR count). The number of benzene rings is 4. The topological polar surface area (TPSA) is 73.7 Å². The molecule has 0 amide bonds. The fraction of sp³-hybridized carbons (Fsp3) is 0.268. The summed E-state index contributed by atoms with van der Waals surface area (Å²) < 4.78 is 20.3. The lowest BCUT2D eigenvalue weighted by Crippen LogP contribution is -2.43. The first-order valence-electron chi connectivity index (χ1n) is 17.1. The first-order valence-corrected chi connectivity index (χ1v) is 17.1. The van der Waals surface area contributed by atoms with Gasteiger partial charge in [-0.15, -0.1) is 0 Å². The Bertz CT molecular complexity index is 1920. The average molecular weight is 654 g/mol. The number of fused-ring (bicyclic) bond motifs is 1. The second kappa shape index (κ2) is 15.8. The van der Waals surface area contributed by atoms with E-state index in [9.17, 15) is 0 Å². The number of hydrogen-bond donors (Lipinski definition) is 1. The van der Waals surface area contributed by atoms with E-state index in [-0.39, 0.29) is 0 Å². The number of rotatable bonds is 14. The van der Waals surface area contributed by atoms with Gasteiger partial charge in [0, 0.05) is 49.9 Å². The molecule has 2 aromatic heterocycles. The van der Waals surface area contributed by atoms with Gasteiger partial charge in [-0.2, -0.15) is 10.1 Å². The highest BCUT2D eigenvalue weighted by atomic mass is 16.5. The average Bonchev–Trinajstić information content (AvgIpc) is 3.49. The van der Waals surface area contributed by atoms with Crippen LogP contribution in [0.5, 0.6) is 11.8 Å². The maximum Gasteiger partial charge on any atom is 0.226 e. The van der Waals surface area contributed by atoms with Crippen LogP contribution >= 0.6 is 0 Å². The molecule has 6 aromatic rings. The molecular formula is C41H43N5O3. The Morgan fingerprint density at radius 2 is 1.35 bits per heavy atom. The van der Waals surface area contributed by atoms with Gasteiger partial charge in [0.05, 0.1) is 24.3 Å². The molecule has 49 heavy (non-hydrogen) atoms. The number of aryl methyl sites for hydroxylation is 1. The normalized spacial score (nSPS) is 13.5. The van der Waals surface area contributed by atoms with Gasteiger partial charge in [0.25, 0.3) is 0 Å². The van der Waals surface area contributed by atoms with Crippen LogP contribution in [0.4, 0.5) is 5.69 Å². The number of nitrogens with one attached hydrogen (secondary N) is 1. The van der Waals surface area contributed by atoms with E-state index in [1.54, 1.807) is 0 Å². The van der Waals surface area contributed by atoms with Crippen LogP contribution in [0.25, 0.3) is 22.2 Å². The third-order valence-corrected chi connectivity index (χ3v) is 9.02. The highest BCUT2D eigenvalue weighted by Gasteiger charge is 2.22. The van der Waals surface area contributed by atoms with Crippen LogP contribution < -0.4 is 19.7 Å². The number of hydrogen-bond acceptors (Lipinski definition) is 7. The Hall–Kier alpha value is -5.18. The molecule has 4 aromatic carbocycles. The Labute approximate surface area is 288 Å². The molecule has 0 atom stereocenters. The molecule has 1 N–H and O–H groups in total. The summed E-state index contributed by atoms with van der Waals surface area (Å²) in [6.07, 6.45) is 2.19. The van der Waals surface area contributed by atoms with Crippen LogP contribution in [0.15, 0.2) is 121 Å². The van der Waals surface area contributed by atoms with Gasteiger partial charge in [-0.05, 0) is 53.8 Å². The molecule has 0 spiro atoms. The van der Waals surface area contributed by atoms with Crippen molar-refractivity contribution in [1.29, 1.82) is 0 Å². The van der Waals surface area contributed by atoms with E-state index in [1.165, 1.54) is 11.3 Å².